The van der Waals surface area contributed by atoms with Crippen molar-refractivity contribution in [1.82, 2.24) is 5.32 Å². The second-order valence-corrected chi connectivity index (χ2v) is 5.90. The molecule has 0 bridgehead atoms. The molecule has 2 aromatic rings. The van der Waals surface area contributed by atoms with E-state index in [1.54, 1.807) is 6.07 Å². The Balaban J connectivity index is 1.53. The Morgan fingerprint density at radius 1 is 1.17 bits per heavy atom. The van der Waals surface area contributed by atoms with Crippen molar-refractivity contribution in [3.05, 3.63) is 54.6 Å². The summed E-state index contributed by atoms with van der Waals surface area (Å²) in [6.07, 6.45) is -0.617. The molecule has 3 rings (SSSR count). The number of hydrogen-bond donors (Lipinski definition) is 1. The first-order valence-corrected chi connectivity index (χ1v) is 8.09. The molecule has 5 nitrogen and oxygen atoms in total. The Labute approximate surface area is 142 Å². The number of amides is 1. The summed E-state index contributed by atoms with van der Waals surface area (Å²) in [6.45, 7) is 2.83. The molecule has 0 aliphatic carbocycles. The molecule has 0 saturated carbocycles. The average Bonchev–Trinajstić information content (AvgIpc) is 2.65. The number of carbonyl (C=O) groups is 1. The van der Waals surface area contributed by atoms with Gasteiger partial charge in [-0.05, 0) is 31.2 Å². The molecule has 1 aliphatic heterocycles. The Hall–Kier alpha value is -2.69. The van der Waals surface area contributed by atoms with Crippen LogP contribution in [0.4, 0.5) is 5.69 Å². The lowest BCUT2D eigenvalue weighted by Gasteiger charge is -2.29. The standard InChI is InChI=1S/C19H22N2O3/c1-14(21(2)15-8-4-3-5-9-15)12-20-19(22)18-13-23-16-10-6-7-11-17(16)24-18/h3-11,14,18H,12-13H2,1-2H3,(H,20,22)/t14-,18-/m0/s1. The molecule has 1 amide bonds. The van der Waals surface area contributed by atoms with Crippen molar-refractivity contribution in [3.63, 3.8) is 0 Å². The Morgan fingerprint density at radius 3 is 2.58 bits per heavy atom. The first-order chi connectivity index (χ1) is 11.6. The molecule has 5 heteroatoms. The van der Waals surface area contributed by atoms with Crippen LogP contribution in [0, 0.1) is 0 Å². The minimum absolute atomic E-state index is 0.155. The highest BCUT2D eigenvalue weighted by molar-refractivity contribution is 5.81. The van der Waals surface area contributed by atoms with Crippen LogP contribution in [0.15, 0.2) is 54.6 Å². The molecule has 126 valence electrons. The third-order valence-electron chi connectivity index (χ3n) is 4.20. The summed E-state index contributed by atoms with van der Waals surface area (Å²) >= 11 is 0. The first kappa shape index (κ1) is 16.2. The zero-order valence-electron chi connectivity index (χ0n) is 13.9. The van der Waals surface area contributed by atoms with E-state index in [2.05, 4.69) is 17.1 Å². The SMILES string of the molecule is C[C@@H](CNC(=O)[C@@H]1COc2ccccc2O1)N(C)c1ccccc1. The molecule has 0 spiro atoms. The molecule has 2 atom stereocenters. The maximum Gasteiger partial charge on any atom is 0.264 e. The number of likely N-dealkylation sites (N-methyl/N-ethyl adjacent to an activating group) is 1. The van der Waals surface area contributed by atoms with Crippen LogP contribution in [0.1, 0.15) is 6.92 Å². The first-order valence-electron chi connectivity index (χ1n) is 8.09. The van der Waals surface area contributed by atoms with Crippen LogP contribution in [-0.2, 0) is 4.79 Å². The molecule has 0 radical (unpaired) electrons. The van der Waals surface area contributed by atoms with Gasteiger partial charge < -0.3 is 19.7 Å². The predicted octanol–water partition coefficient (Wildman–Crippen LogP) is 2.47. The van der Waals surface area contributed by atoms with Crippen molar-refractivity contribution in [2.24, 2.45) is 0 Å². The van der Waals surface area contributed by atoms with Gasteiger partial charge in [-0.3, -0.25) is 4.79 Å². The molecule has 0 unspecified atom stereocenters. The number of benzene rings is 2. The van der Waals surface area contributed by atoms with Crippen molar-refractivity contribution >= 4 is 11.6 Å². The van der Waals surface area contributed by atoms with E-state index >= 15 is 0 Å². The summed E-state index contributed by atoms with van der Waals surface area (Å²) in [4.78, 5) is 14.5. The summed E-state index contributed by atoms with van der Waals surface area (Å²) in [5.74, 6) is 1.13. The fourth-order valence-electron chi connectivity index (χ4n) is 2.57. The average molecular weight is 326 g/mol. The van der Waals surface area contributed by atoms with E-state index in [0.717, 1.165) is 5.69 Å². The van der Waals surface area contributed by atoms with Crippen molar-refractivity contribution < 1.29 is 14.3 Å². The summed E-state index contributed by atoms with van der Waals surface area (Å²) in [7, 11) is 2.02. The van der Waals surface area contributed by atoms with Gasteiger partial charge in [-0.25, -0.2) is 0 Å². The zero-order valence-corrected chi connectivity index (χ0v) is 13.9. The lowest BCUT2D eigenvalue weighted by molar-refractivity contribution is -0.130. The molecular formula is C19H22N2O3. The van der Waals surface area contributed by atoms with E-state index in [1.165, 1.54) is 0 Å². The zero-order chi connectivity index (χ0) is 16.9. The number of anilines is 1. The van der Waals surface area contributed by atoms with Crippen LogP contribution in [-0.4, -0.2) is 38.3 Å². The maximum atomic E-state index is 12.3. The van der Waals surface area contributed by atoms with Gasteiger partial charge in [0.25, 0.3) is 5.91 Å². The molecule has 1 N–H and O–H groups in total. The third kappa shape index (κ3) is 3.62. The van der Waals surface area contributed by atoms with E-state index in [-0.39, 0.29) is 18.6 Å². The summed E-state index contributed by atoms with van der Waals surface area (Å²) < 4.78 is 11.3. The number of ether oxygens (including phenoxy) is 2. The topological polar surface area (TPSA) is 50.8 Å². The minimum Gasteiger partial charge on any atom is -0.485 e. The van der Waals surface area contributed by atoms with Gasteiger partial charge in [0.05, 0.1) is 0 Å². The summed E-state index contributed by atoms with van der Waals surface area (Å²) in [5, 5.41) is 2.95. The second-order valence-electron chi connectivity index (χ2n) is 5.90. The molecule has 0 saturated heterocycles. The van der Waals surface area contributed by atoms with Crippen LogP contribution in [0.5, 0.6) is 11.5 Å². The molecule has 1 aliphatic rings. The molecule has 24 heavy (non-hydrogen) atoms. The van der Waals surface area contributed by atoms with E-state index < -0.39 is 6.10 Å². The van der Waals surface area contributed by atoms with Crippen LogP contribution >= 0.6 is 0 Å². The largest absolute Gasteiger partial charge is 0.485 e. The van der Waals surface area contributed by atoms with Crippen molar-refractivity contribution in [2.75, 3.05) is 25.1 Å². The highest BCUT2D eigenvalue weighted by atomic mass is 16.6. The molecule has 1 heterocycles. The highest BCUT2D eigenvalue weighted by Gasteiger charge is 2.27. The predicted molar refractivity (Wildman–Crippen MR) is 93.7 cm³/mol. The van der Waals surface area contributed by atoms with Gasteiger partial charge in [0.2, 0.25) is 6.10 Å². The number of rotatable bonds is 5. The van der Waals surface area contributed by atoms with Crippen molar-refractivity contribution in [3.8, 4) is 11.5 Å². The van der Waals surface area contributed by atoms with Crippen LogP contribution in [0.2, 0.25) is 0 Å². The number of carbonyl (C=O) groups excluding carboxylic acids is 1. The quantitative estimate of drug-likeness (QED) is 0.917. The van der Waals surface area contributed by atoms with Gasteiger partial charge in [0.1, 0.15) is 6.61 Å². The minimum atomic E-state index is -0.617. The van der Waals surface area contributed by atoms with Gasteiger partial charge in [0, 0.05) is 25.3 Å². The molecule has 2 aromatic carbocycles. The smallest absolute Gasteiger partial charge is 0.264 e. The third-order valence-corrected chi connectivity index (χ3v) is 4.20. The number of para-hydroxylation sites is 3. The van der Waals surface area contributed by atoms with Gasteiger partial charge in [-0.15, -0.1) is 0 Å². The summed E-state index contributed by atoms with van der Waals surface area (Å²) in [6, 6.07) is 17.6. The lowest BCUT2D eigenvalue weighted by Crippen LogP contribution is -2.48. The maximum absolute atomic E-state index is 12.3. The number of fused-ring (bicyclic) bond motifs is 1. The number of nitrogens with one attached hydrogen (secondary N) is 1. The fraction of sp³-hybridized carbons (Fsp3) is 0.316. The van der Waals surface area contributed by atoms with E-state index in [0.29, 0.717) is 18.0 Å². The Kier molecular flexibility index (Phi) is 4.89. The van der Waals surface area contributed by atoms with E-state index in [1.807, 2.05) is 55.6 Å². The van der Waals surface area contributed by atoms with Crippen LogP contribution in [0.25, 0.3) is 0 Å². The second kappa shape index (κ2) is 7.25. The van der Waals surface area contributed by atoms with Crippen molar-refractivity contribution in [1.29, 1.82) is 0 Å². The van der Waals surface area contributed by atoms with Crippen LogP contribution in [0.3, 0.4) is 0 Å². The molecular weight excluding hydrogens is 304 g/mol. The van der Waals surface area contributed by atoms with Crippen molar-refractivity contribution in [2.45, 2.75) is 19.1 Å². The highest BCUT2D eigenvalue weighted by Crippen LogP contribution is 2.30. The molecule has 0 fully saturated rings. The fourth-order valence-corrected chi connectivity index (χ4v) is 2.57. The lowest BCUT2D eigenvalue weighted by atomic mass is 10.2. The number of nitrogens with zero attached hydrogens (tertiary/aromatic N) is 1. The summed E-state index contributed by atoms with van der Waals surface area (Å²) in [5.41, 5.74) is 1.12. The van der Waals surface area contributed by atoms with Gasteiger partial charge in [-0.1, -0.05) is 30.3 Å². The van der Waals surface area contributed by atoms with E-state index in [4.69, 9.17) is 9.47 Å². The normalized spacial score (nSPS) is 17.0. The van der Waals surface area contributed by atoms with Gasteiger partial charge >= 0.3 is 0 Å². The van der Waals surface area contributed by atoms with Gasteiger partial charge in [0.15, 0.2) is 11.5 Å². The molecule has 0 aromatic heterocycles. The van der Waals surface area contributed by atoms with Crippen LogP contribution < -0.4 is 19.7 Å². The Bertz CT molecular complexity index is 690. The number of hydrogen-bond acceptors (Lipinski definition) is 4. The van der Waals surface area contributed by atoms with E-state index in [9.17, 15) is 4.79 Å². The van der Waals surface area contributed by atoms with Gasteiger partial charge in [-0.2, -0.15) is 0 Å². The Morgan fingerprint density at radius 2 is 1.83 bits per heavy atom. The monoisotopic (exact) mass is 326 g/mol.